The molecule has 0 aliphatic heterocycles. The predicted octanol–water partition coefficient (Wildman–Crippen LogP) is 1.75. The fourth-order valence-corrected chi connectivity index (χ4v) is 3.70. The van der Waals surface area contributed by atoms with Crippen LogP contribution in [0.5, 0.6) is 0 Å². The number of rotatable bonds is 5. The zero-order valence-electron chi connectivity index (χ0n) is 13.1. The summed E-state index contributed by atoms with van der Waals surface area (Å²) in [6.07, 6.45) is 4.67. The lowest BCUT2D eigenvalue weighted by molar-refractivity contribution is -0.169. The Balaban J connectivity index is 1.93. The van der Waals surface area contributed by atoms with Crippen molar-refractivity contribution in [2.75, 3.05) is 0 Å². The van der Waals surface area contributed by atoms with Gasteiger partial charge in [-0.2, -0.15) is 5.10 Å². The first-order chi connectivity index (χ1) is 11.0. The van der Waals surface area contributed by atoms with Crippen LogP contribution in [-0.4, -0.2) is 36.5 Å². The molecule has 0 radical (unpaired) electrons. The quantitative estimate of drug-likeness (QED) is 0.877. The summed E-state index contributed by atoms with van der Waals surface area (Å²) in [5, 5.41) is 25.2. The van der Waals surface area contributed by atoms with E-state index in [1.807, 2.05) is 30.3 Å². The zero-order chi connectivity index (χ0) is 16.5. The molecule has 6 heteroatoms. The van der Waals surface area contributed by atoms with Gasteiger partial charge in [0.05, 0.1) is 12.0 Å². The molecule has 1 aromatic carbocycles. The molecule has 0 spiro atoms. The fourth-order valence-electron chi connectivity index (χ4n) is 3.70. The standard InChI is InChI=1S/C17H21N3O3/c1-16(15(21)22)8-7-14(9-13-5-3-2-4-6-13)17(16,23)10-20-12-18-11-19-20/h2-6,11-12,14,23H,7-10H2,1H3,(H,21,22)/t14-,16+,17+/m1/s1. The van der Waals surface area contributed by atoms with E-state index in [1.165, 1.54) is 17.3 Å². The van der Waals surface area contributed by atoms with Gasteiger partial charge >= 0.3 is 5.97 Å². The SMILES string of the molecule is C[C@@]1(C(=O)O)CC[C@H](Cc2ccccc2)[C@@]1(O)Cn1cncn1. The van der Waals surface area contributed by atoms with Gasteiger partial charge in [0.2, 0.25) is 0 Å². The van der Waals surface area contributed by atoms with E-state index in [2.05, 4.69) is 10.1 Å². The van der Waals surface area contributed by atoms with Crippen molar-refractivity contribution in [3.63, 3.8) is 0 Å². The Morgan fingerprint density at radius 1 is 1.39 bits per heavy atom. The van der Waals surface area contributed by atoms with Crippen LogP contribution in [-0.2, 0) is 17.8 Å². The van der Waals surface area contributed by atoms with Gasteiger partial charge in [-0.1, -0.05) is 30.3 Å². The van der Waals surface area contributed by atoms with Gasteiger partial charge < -0.3 is 10.2 Å². The number of hydrogen-bond acceptors (Lipinski definition) is 4. The van der Waals surface area contributed by atoms with Gasteiger partial charge in [-0.3, -0.25) is 9.48 Å². The third-order valence-corrected chi connectivity index (χ3v) is 5.29. The van der Waals surface area contributed by atoms with Gasteiger partial charge in [0.15, 0.2) is 0 Å². The zero-order valence-corrected chi connectivity index (χ0v) is 13.1. The van der Waals surface area contributed by atoms with Gasteiger partial charge in [0.25, 0.3) is 0 Å². The molecule has 3 rings (SSSR count). The minimum absolute atomic E-state index is 0.132. The summed E-state index contributed by atoms with van der Waals surface area (Å²) in [7, 11) is 0. The van der Waals surface area contributed by atoms with E-state index in [0.717, 1.165) is 5.56 Å². The highest BCUT2D eigenvalue weighted by Crippen LogP contribution is 2.52. The number of hydrogen-bond donors (Lipinski definition) is 2. The maximum atomic E-state index is 11.9. The molecular weight excluding hydrogens is 294 g/mol. The van der Waals surface area contributed by atoms with E-state index in [-0.39, 0.29) is 12.5 Å². The van der Waals surface area contributed by atoms with E-state index in [9.17, 15) is 15.0 Å². The molecule has 1 aliphatic carbocycles. The summed E-state index contributed by atoms with van der Waals surface area (Å²) in [5.41, 5.74) is -1.47. The molecule has 3 atom stereocenters. The van der Waals surface area contributed by atoms with Gasteiger partial charge in [0, 0.05) is 0 Å². The van der Waals surface area contributed by atoms with Crippen LogP contribution < -0.4 is 0 Å². The van der Waals surface area contributed by atoms with E-state index in [4.69, 9.17) is 0 Å². The van der Waals surface area contributed by atoms with Crippen molar-refractivity contribution >= 4 is 5.97 Å². The third kappa shape index (κ3) is 2.63. The second kappa shape index (κ2) is 5.77. The average molecular weight is 315 g/mol. The molecule has 0 amide bonds. The summed E-state index contributed by atoms with van der Waals surface area (Å²) < 4.78 is 1.52. The van der Waals surface area contributed by atoms with Gasteiger partial charge in [0.1, 0.15) is 18.3 Å². The predicted molar refractivity (Wildman–Crippen MR) is 83.6 cm³/mol. The van der Waals surface area contributed by atoms with Crippen molar-refractivity contribution in [2.24, 2.45) is 11.3 Å². The normalized spacial score (nSPS) is 30.4. The van der Waals surface area contributed by atoms with Crippen molar-refractivity contribution in [1.82, 2.24) is 14.8 Å². The average Bonchev–Trinajstić information content (AvgIpc) is 3.11. The lowest BCUT2D eigenvalue weighted by atomic mass is 9.71. The van der Waals surface area contributed by atoms with Crippen molar-refractivity contribution < 1.29 is 15.0 Å². The molecule has 2 aromatic rings. The Kier molecular flexibility index (Phi) is 3.93. The number of aromatic nitrogens is 3. The maximum absolute atomic E-state index is 11.9. The highest BCUT2D eigenvalue weighted by molar-refractivity contribution is 5.76. The van der Waals surface area contributed by atoms with Crippen LogP contribution in [0.15, 0.2) is 43.0 Å². The van der Waals surface area contributed by atoms with E-state index in [0.29, 0.717) is 19.3 Å². The number of aliphatic hydroxyl groups is 1. The largest absolute Gasteiger partial charge is 0.481 e. The Morgan fingerprint density at radius 3 is 2.74 bits per heavy atom. The van der Waals surface area contributed by atoms with Crippen LogP contribution in [0.2, 0.25) is 0 Å². The van der Waals surface area contributed by atoms with Gasteiger partial charge in [-0.15, -0.1) is 0 Å². The summed E-state index contributed by atoms with van der Waals surface area (Å²) in [6.45, 7) is 1.77. The molecule has 1 aromatic heterocycles. The fraction of sp³-hybridized carbons (Fsp3) is 0.471. The van der Waals surface area contributed by atoms with Crippen LogP contribution in [0, 0.1) is 11.3 Å². The first kappa shape index (κ1) is 15.7. The van der Waals surface area contributed by atoms with Crippen LogP contribution in [0.3, 0.4) is 0 Å². The Bertz CT molecular complexity index is 674. The second-order valence-corrected chi connectivity index (χ2v) is 6.58. The minimum atomic E-state index is -1.37. The van der Waals surface area contributed by atoms with Crippen LogP contribution in [0.1, 0.15) is 25.3 Å². The van der Waals surface area contributed by atoms with Crippen LogP contribution >= 0.6 is 0 Å². The van der Waals surface area contributed by atoms with E-state index in [1.54, 1.807) is 6.92 Å². The van der Waals surface area contributed by atoms with Gasteiger partial charge in [-0.05, 0) is 37.7 Å². The topological polar surface area (TPSA) is 88.2 Å². The molecule has 0 bridgehead atoms. The van der Waals surface area contributed by atoms with Crippen molar-refractivity contribution in [1.29, 1.82) is 0 Å². The lowest BCUT2D eigenvalue weighted by Gasteiger charge is -2.40. The number of carbonyl (C=O) groups is 1. The minimum Gasteiger partial charge on any atom is -0.481 e. The number of carboxylic acids is 1. The van der Waals surface area contributed by atoms with Crippen molar-refractivity contribution in [3.8, 4) is 0 Å². The van der Waals surface area contributed by atoms with Crippen molar-refractivity contribution in [3.05, 3.63) is 48.5 Å². The molecule has 122 valence electrons. The van der Waals surface area contributed by atoms with Gasteiger partial charge in [-0.25, -0.2) is 4.98 Å². The third-order valence-electron chi connectivity index (χ3n) is 5.29. The summed E-state index contributed by atoms with van der Waals surface area (Å²) in [4.78, 5) is 15.8. The lowest BCUT2D eigenvalue weighted by Crippen LogP contribution is -2.54. The molecule has 1 saturated carbocycles. The Labute approximate surface area is 134 Å². The molecule has 23 heavy (non-hydrogen) atoms. The first-order valence-corrected chi connectivity index (χ1v) is 7.78. The summed E-state index contributed by atoms with van der Waals surface area (Å²) in [6, 6.07) is 9.87. The molecule has 2 N–H and O–H groups in total. The maximum Gasteiger partial charge on any atom is 0.312 e. The number of benzene rings is 1. The number of carboxylic acid groups (broad SMARTS) is 1. The molecule has 1 heterocycles. The van der Waals surface area contributed by atoms with Crippen LogP contribution in [0.4, 0.5) is 0 Å². The monoisotopic (exact) mass is 315 g/mol. The smallest absolute Gasteiger partial charge is 0.312 e. The number of aliphatic carboxylic acids is 1. The highest BCUT2D eigenvalue weighted by atomic mass is 16.4. The van der Waals surface area contributed by atoms with E-state index < -0.39 is 17.0 Å². The second-order valence-electron chi connectivity index (χ2n) is 6.58. The summed E-state index contributed by atoms with van der Waals surface area (Å²) in [5.74, 6) is -1.11. The Morgan fingerprint density at radius 2 is 2.13 bits per heavy atom. The van der Waals surface area contributed by atoms with E-state index >= 15 is 0 Å². The Hall–Kier alpha value is -2.21. The highest BCUT2D eigenvalue weighted by Gasteiger charge is 2.61. The molecular formula is C17H21N3O3. The molecule has 0 unspecified atom stereocenters. The first-order valence-electron chi connectivity index (χ1n) is 7.78. The number of nitrogens with zero attached hydrogens (tertiary/aromatic N) is 3. The summed E-state index contributed by atoms with van der Waals surface area (Å²) >= 11 is 0. The van der Waals surface area contributed by atoms with Crippen molar-refractivity contribution in [2.45, 2.75) is 38.3 Å². The molecule has 6 nitrogen and oxygen atoms in total. The molecule has 1 aliphatic rings. The molecule has 1 fully saturated rings. The van der Waals surface area contributed by atoms with Crippen LogP contribution in [0.25, 0.3) is 0 Å². The molecule has 0 saturated heterocycles.